The van der Waals surface area contributed by atoms with Crippen LogP contribution in [0, 0.1) is 26.2 Å². The molecule has 0 fully saturated rings. The first-order valence-electron chi connectivity index (χ1n) is 7.28. The van der Waals surface area contributed by atoms with Crippen molar-refractivity contribution < 1.29 is 28.3 Å². The Morgan fingerprint density at radius 3 is 1.91 bits per heavy atom. The van der Waals surface area contributed by atoms with Gasteiger partial charge in [-0.3, -0.25) is 9.13 Å². The zero-order valence-corrected chi connectivity index (χ0v) is 16.0. The maximum absolute atomic E-state index is 12.3. The van der Waals surface area contributed by atoms with E-state index in [1.54, 1.807) is 13.8 Å². The first-order chi connectivity index (χ1) is 10.2. The van der Waals surface area contributed by atoms with Crippen LogP contribution in [0.3, 0.4) is 0 Å². The van der Waals surface area contributed by atoms with Crippen LogP contribution in [0.25, 0.3) is 0 Å². The predicted octanol–water partition coefficient (Wildman–Crippen LogP) is 3.52. The van der Waals surface area contributed by atoms with E-state index in [4.69, 9.17) is 14.3 Å². The fourth-order valence-electron chi connectivity index (χ4n) is 2.80. The van der Waals surface area contributed by atoms with Gasteiger partial charge in [0.1, 0.15) is 0 Å². The molecule has 132 valence electrons. The minimum atomic E-state index is -4.26. The molecule has 1 atom stereocenters. The van der Waals surface area contributed by atoms with E-state index in [-0.39, 0.29) is 12.8 Å². The fourth-order valence-corrected chi connectivity index (χ4v) is 5.82. The average Bonchev–Trinajstić information content (AvgIpc) is 2.21. The van der Waals surface area contributed by atoms with E-state index in [1.807, 2.05) is 32.9 Å². The van der Waals surface area contributed by atoms with Crippen molar-refractivity contribution in [2.24, 2.45) is 5.41 Å². The van der Waals surface area contributed by atoms with Crippen LogP contribution >= 0.6 is 15.2 Å². The van der Waals surface area contributed by atoms with Crippen molar-refractivity contribution in [3.63, 3.8) is 0 Å². The molecule has 0 spiro atoms. The van der Waals surface area contributed by atoms with Crippen LogP contribution in [0.2, 0.25) is 0 Å². The normalized spacial score (nSPS) is 15.5. The van der Waals surface area contributed by atoms with Crippen molar-refractivity contribution in [1.82, 2.24) is 0 Å². The van der Waals surface area contributed by atoms with Crippen LogP contribution in [-0.2, 0) is 20.3 Å². The lowest BCUT2D eigenvalue weighted by molar-refractivity contribution is 0.237. The van der Waals surface area contributed by atoms with Gasteiger partial charge >= 0.3 is 15.2 Å². The Kier molecular flexibility index (Phi) is 6.42. The van der Waals surface area contributed by atoms with Gasteiger partial charge in [-0.25, -0.2) is 0 Å². The molecule has 1 unspecified atom stereocenters. The number of aryl methyl sites for hydroxylation is 3. The predicted molar refractivity (Wildman–Crippen MR) is 90.8 cm³/mol. The molecule has 8 heteroatoms. The fraction of sp³-hybridized carbons (Fsp3) is 0.600. The minimum Gasteiger partial charge on any atom is -0.324 e. The summed E-state index contributed by atoms with van der Waals surface area (Å²) >= 11 is 0. The highest BCUT2D eigenvalue weighted by atomic mass is 31.2. The molecular weight excluding hydrogens is 338 g/mol. The topological polar surface area (TPSA) is 104 Å². The molecule has 0 heterocycles. The number of hydrogen-bond donors (Lipinski definition) is 3. The minimum absolute atomic E-state index is 0.00227. The molecule has 6 nitrogen and oxygen atoms in total. The highest BCUT2D eigenvalue weighted by molar-refractivity contribution is 7.53. The third-order valence-electron chi connectivity index (χ3n) is 3.51. The summed E-state index contributed by atoms with van der Waals surface area (Å²) in [5.41, 5.74) is 2.94. The van der Waals surface area contributed by atoms with Crippen molar-refractivity contribution in [1.29, 1.82) is 0 Å². The molecule has 0 amide bonds. The van der Waals surface area contributed by atoms with Crippen LogP contribution in [0.5, 0.6) is 0 Å². The third-order valence-corrected chi connectivity index (χ3v) is 6.57. The maximum Gasteiger partial charge on any atom is 0.328 e. The first kappa shape index (κ1) is 20.6. The van der Waals surface area contributed by atoms with Crippen molar-refractivity contribution in [2.45, 2.75) is 41.2 Å². The van der Waals surface area contributed by atoms with Gasteiger partial charge in [0, 0.05) is 0 Å². The molecule has 0 aliphatic heterocycles. The van der Waals surface area contributed by atoms with E-state index < -0.39 is 26.8 Å². The summed E-state index contributed by atoms with van der Waals surface area (Å²) in [5, 5.41) is 0. The number of hydrogen-bond acceptors (Lipinski definition) is 3. The van der Waals surface area contributed by atoms with Crippen molar-refractivity contribution in [3.8, 4) is 0 Å². The van der Waals surface area contributed by atoms with Gasteiger partial charge < -0.3 is 19.2 Å². The van der Waals surface area contributed by atoms with Gasteiger partial charge in [-0.1, -0.05) is 31.5 Å². The second-order valence-electron chi connectivity index (χ2n) is 6.93. The van der Waals surface area contributed by atoms with Crippen LogP contribution in [0.1, 0.15) is 36.1 Å². The molecule has 1 aromatic carbocycles. The molecule has 1 rings (SSSR count). The third kappa shape index (κ3) is 7.30. The molecule has 0 bridgehead atoms. The summed E-state index contributed by atoms with van der Waals surface area (Å²) in [6.45, 7) is 8.89. The zero-order chi connectivity index (χ0) is 18.1. The second kappa shape index (κ2) is 7.18. The summed E-state index contributed by atoms with van der Waals surface area (Å²) in [6, 6.07) is 3.96. The van der Waals surface area contributed by atoms with Gasteiger partial charge in [-0.2, -0.15) is 0 Å². The van der Waals surface area contributed by atoms with Crippen LogP contribution in [-0.4, -0.2) is 27.0 Å². The van der Waals surface area contributed by atoms with E-state index >= 15 is 0 Å². The molecule has 3 N–H and O–H groups in total. The molecule has 0 aromatic heterocycles. The lowest BCUT2D eigenvalue weighted by atomic mass is 10.0. The average molecular weight is 364 g/mol. The summed E-state index contributed by atoms with van der Waals surface area (Å²) in [6.07, 6.45) is -0.772. The van der Waals surface area contributed by atoms with Crippen LogP contribution in [0.4, 0.5) is 0 Å². The molecule has 0 radical (unpaired) electrons. The largest absolute Gasteiger partial charge is 0.328 e. The lowest BCUT2D eigenvalue weighted by Gasteiger charge is -2.27. The molecule has 23 heavy (non-hydrogen) atoms. The molecule has 0 aliphatic carbocycles. The van der Waals surface area contributed by atoms with Crippen LogP contribution in [0.15, 0.2) is 12.1 Å². The van der Waals surface area contributed by atoms with Gasteiger partial charge in [0.05, 0.1) is 18.9 Å². The van der Waals surface area contributed by atoms with Crippen LogP contribution < -0.4 is 0 Å². The SMILES string of the molecule is Cc1cc(C)c(COP(=O)(O)CC(C)(C)CP(=O)(O)O)c(C)c1. The molecule has 0 saturated heterocycles. The summed E-state index contributed by atoms with van der Waals surface area (Å²) in [7, 11) is -8.22. The quantitative estimate of drug-likeness (QED) is 0.640. The van der Waals surface area contributed by atoms with Gasteiger partial charge in [-0.05, 0) is 42.9 Å². The smallest absolute Gasteiger partial charge is 0.324 e. The Balaban J connectivity index is 2.81. The summed E-state index contributed by atoms with van der Waals surface area (Å²) in [4.78, 5) is 28.1. The van der Waals surface area contributed by atoms with Crippen molar-refractivity contribution >= 4 is 15.2 Å². The molecule has 1 aromatic rings. The Bertz CT molecular complexity index is 639. The van der Waals surface area contributed by atoms with E-state index in [0.29, 0.717) is 0 Å². The Labute approximate surface area is 137 Å². The second-order valence-corrected chi connectivity index (χ2v) is 10.4. The van der Waals surface area contributed by atoms with Gasteiger partial charge in [0.2, 0.25) is 0 Å². The monoisotopic (exact) mass is 364 g/mol. The van der Waals surface area contributed by atoms with E-state index in [1.165, 1.54) is 0 Å². The highest BCUT2D eigenvalue weighted by Crippen LogP contribution is 2.52. The Hall–Kier alpha value is -0.480. The first-order valence-corrected chi connectivity index (χ1v) is 10.8. The van der Waals surface area contributed by atoms with E-state index in [9.17, 15) is 14.0 Å². The number of benzene rings is 1. The zero-order valence-electron chi connectivity index (χ0n) is 14.2. The standard InChI is InChI=1S/C15H26O6P2/c1-11-6-12(2)14(13(3)7-11)8-21-23(19,20)10-15(4,5)9-22(16,17)18/h6-7H,8-10H2,1-5H3,(H,19,20)(H2,16,17,18). The summed E-state index contributed by atoms with van der Waals surface area (Å²) in [5.74, 6) is 0. The maximum atomic E-state index is 12.3. The Morgan fingerprint density at radius 1 is 1.00 bits per heavy atom. The van der Waals surface area contributed by atoms with Gasteiger partial charge in [0.15, 0.2) is 0 Å². The van der Waals surface area contributed by atoms with E-state index in [2.05, 4.69) is 0 Å². The number of rotatable bonds is 7. The molecule has 0 aliphatic rings. The van der Waals surface area contributed by atoms with Crippen molar-refractivity contribution in [3.05, 3.63) is 34.4 Å². The summed E-state index contributed by atoms with van der Waals surface area (Å²) < 4.78 is 28.6. The van der Waals surface area contributed by atoms with Crippen molar-refractivity contribution in [2.75, 3.05) is 12.3 Å². The highest BCUT2D eigenvalue weighted by Gasteiger charge is 2.36. The van der Waals surface area contributed by atoms with Gasteiger partial charge in [-0.15, -0.1) is 0 Å². The van der Waals surface area contributed by atoms with E-state index in [0.717, 1.165) is 22.3 Å². The molecule has 0 saturated carbocycles. The lowest BCUT2D eigenvalue weighted by Crippen LogP contribution is -2.22. The molecular formula is C15H26O6P2. The van der Waals surface area contributed by atoms with Gasteiger partial charge in [0.25, 0.3) is 0 Å². The Morgan fingerprint density at radius 2 is 1.48 bits per heavy atom.